The standard InChI is InChI=1S/C16H23NO2/c1-4-15(18)13-6-8-14(9-7-13)19-11-5-10-16(2,3)12-17/h6-9,15,18H,4-5,10-11H2,1-3H3/t15-/m1/s1. The van der Waals surface area contributed by atoms with E-state index in [-0.39, 0.29) is 5.41 Å². The molecule has 104 valence electrons. The van der Waals surface area contributed by atoms with Crippen molar-refractivity contribution in [1.29, 1.82) is 5.26 Å². The third-order valence-electron chi connectivity index (χ3n) is 3.17. The molecule has 3 heteroatoms. The smallest absolute Gasteiger partial charge is 0.119 e. The van der Waals surface area contributed by atoms with E-state index in [1.54, 1.807) is 0 Å². The van der Waals surface area contributed by atoms with Crippen LogP contribution in [0.3, 0.4) is 0 Å². The highest BCUT2D eigenvalue weighted by Crippen LogP contribution is 2.22. The van der Waals surface area contributed by atoms with E-state index >= 15 is 0 Å². The molecule has 3 nitrogen and oxygen atoms in total. The zero-order chi connectivity index (χ0) is 14.3. The van der Waals surface area contributed by atoms with Gasteiger partial charge in [0.05, 0.1) is 24.2 Å². The van der Waals surface area contributed by atoms with Crippen LogP contribution < -0.4 is 4.74 Å². The maximum Gasteiger partial charge on any atom is 0.119 e. The molecule has 0 unspecified atom stereocenters. The van der Waals surface area contributed by atoms with Gasteiger partial charge in [0.2, 0.25) is 0 Å². The highest BCUT2D eigenvalue weighted by Gasteiger charge is 2.15. The Morgan fingerprint density at radius 2 is 1.95 bits per heavy atom. The Labute approximate surface area is 115 Å². The van der Waals surface area contributed by atoms with Gasteiger partial charge in [-0.2, -0.15) is 5.26 Å². The van der Waals surface area contributed by atoms with Gasteiger partial charge < -0.3 is 9.84 Å². The topological polar surface area (TPSA) is 53.2 Å². The minimum Gasteiger partial charge on any atom is -0.494 e. The largest absolute Gasteiger partial charge is 0.494 e. The molecule has 0 saturated heterocycles. The van der Waals surface area contributed by atoms with Gasteiger partial charge in [0, 0.05) is 0 Å². The fourth-order valence-corrected chi connectivity index (χ4v) is 1.78. The first kappa shape index (κ1) is 15.5. The van der Waals surface area contributed by atoms with Gasteiger partial charge in [0.1, 0.15) is 5.75 Å². The SMILES string of the molecule is CC[C@@H](O)c1ccc(OCCCC(C)(C)C#N)cc1. The van der Waals surface area contributed by atoms with E-state index in [2.05, 4.69) is 6.07 Å². The zero-order valence-corrected chi connectivity index (χ0v) is 12.0. The second-order valence-electron chi connectivity index (χ2n) is 5.44. The van der Waals surface area contributed by atoms with E-state index in [4.69, 9.17) is 10.00 Å². The lowest BCUT2D eigenvalue weighted by Crippen LogP contribution is -2.10. The summed E-state index contributed by atoms with van der Waals surface area (Å²) in [6, 6.07) is 9.82. The quantitative estimate of drug-likeness (QED) is 0.759. The van der Waals surface area contributed by atoms with Crippen LogP contribution in [0.2, 0.25) is 0 Å². The van der Waals surface area contributed by atoms with Gasteiger partial charge >= 0.3 is 0 Å². The second kappa shape index (κ2) is 7.16. The van der Waals surface area contributed by atoms with Crippen LogP contribution >= 0.6 is 0 Å². The number of nitriles is 1. The maximum absolute atomic E-state index is 9.68. The number of hydrogen-bond acceptors (Lipinski definition) is 3. The van der Waals surface area contributed by atoms with Crippen molar-refractivity contribution in [1.82, 2.24) is 0 Å². The predicted octanol–water partition coefficient (Wildman–Crippen LogP) is 3.84. The summed E-state index contributed by atoms with van der Waals surface area (Å²) in [5.74, 6) is 0.807. The average Bonchev–Trinajstić information content (AvgIpc) is 2.43. The van der Waals surface area contributed by atoms with Crippen LogP contribution in [0.15, 0.2) is 24.3 Å². The molecule has 0 amide bonds. The first-order valence-corrected chi connectivity index (χ1v) is 6.80. The van der Waals surface area contributed by atoms with Crippen molar-refractivity contribution < 1.29 is 9.84 Å². The highest BCUT2D eigenvalue weighted by molar-refractivity contribution is 5.28. The lowest BCUT2D eigenvalue weighted by atomic mass is 9.90. The summed E-state index contributed by atoms with van der Waals surface area (Å²) in [6.07, 6.45) is 2.00. The summed E-state index contributed by atoms with van der Waals surface area (Å²) >= 11 is 0. The Balaban J connectivity index is 2.37. The van der Waals surface area contributed by atoms with Crippen molar-refractivity contribution in [2.45, 2.75) is 46.1 Å². The number of nitrogens with zero attached hydrogens (tertiary/aromatic N) is 1. The van der Waals surface area contributed by atoms with Crippen LogP contribution in [0.1, 0.15) is 51.7 Å². The first-order valence-electron chi connectivity index (χ1n) is 6.80. The summed E-state index contributed by atoms with van der Waals surface area (Å²) in [7, 11) is 0. The number of aliphatic hydroxyl groups is 1. The van der Waals surface area contributed by atoms with E-state index in [1.807, 2.05) is 45.0 Å². The lowest BCUT2D eigenvalue weighted by molar-refractivity contribution is 0.173. The normalized spacial score (nSPS) is 12.8. The van der Waals surface area contributed by atoms with Crippen LogP contribution in [0.4, 0.5) is 0 Å². The molecular formula is C16H23NO2. The van der Waals surface area contributed by atoms with Crippen molar-refractivity contribution in [2.24, 2.45) is 5.41 Å². The summed E-state index contributed by atoms with van der Waals surface area (Å²) in [5, 5.41) is 18.6. The van der Waals surface area contributed by atoms with Crippen LogP contribution in [0, 0.1) is 16.7 Å². The van der Waals surface area contributed by atoms with Gasteiger partial charge in [-0.25, -0.2) is 0 Å². The van der Waals surface area contributed by atoms with Crippen molar-refractivity contribution in [2.75, 3.05) is 6.61 Å². The molecule has 1 aromatic rings. The van der Waals surface area contributed by atoms with Gasteiger partial charge in [-0.3, -0.25) is 0 Å². The van der Waals surface area contributed by atoms with Crippen molar-refractivity contribution in [3.63, 3.8) is 0 Å². The minimum atomic E-state index is -0.398. The monoisotopic (exact) mass is 261 g/mol. The third kappa shape index (κ3) is 5.32. The van der Waals surface area contributed by atoms with Crippen LogP contribution in [0.5, 0.6) is 5.75 Å². The minimum absolute atomic E-state index is 0.279. The van der Waals surface area contributed by atoms with Crippen LogP contribution in [-0.4, -0.2) is 11.7 Å². The Bertz CT molecular complexity index is 417. The van der Waals surface area contributed by atoms with Crippen molar-refractivity contribution >= 4 is 0 Å². The first-order chi connectivity index (χ1) is 8.98. The Kier molecular flexibility index (Phi) is 5.85. The Morgan fingerprint density at radius 3 is 2.47 bits per heavy atom. The van der Waals surface area contributed by atoms with Gasteiger partial charge in [-0.1, -0.05) is 19.1 Å². The fourth-order valence-electron chi connectivity index (χ4n) is 1.78. The van der Waals surface area contributed by atoms with Gasteiger partial charge in [-0.05, 0) is 50.8 Å². The molecule has 19 heavy (non-hydrogen) atoms. The van der Waals surface area contributed by atoms with Crippen molar-refractivity contribution in [3.8, 4) is 11.8 Å². The molecule has 1 atom stereocenters. The molecule has 0 aliphatic rings. The van der Waals surface area contributed by atoms with Crippen LogP contribution in [-0.2, 0) is 0 Å². The Hall–Kier alpha value is -1.53. The van der Waals surface area contributed by atoms with E-state index < -0.39 is 6.10 Å². The third-order valence-corrected chi connectivity index (χ3v) is 3.17. The number of hydrogen-bond donors (Lipinski definition) is 1. The molecule has 0 spiro atoms. The molecule has 0 bridgehead atoms. The average molecular weight is 261 g/mol. The number of benzene rings is 1. The molecule has 1 aromatic carbocycles. The van der Waals surface area contributed by atoms with E-state index in [0.717, 1.165) is 24.2 Å². The fraction of sp³-hybridized carbons (Fsp3) is 0.562. The summed E-state index contributed by atoms with van der Waals surface area (Å²) in [6.45, 7) is 6.44. The van der Waals surface area contributed by atoms with Gasteiger partial charge in [0.15, 0.2) is 0 Å². The molecule has 1 rings (SSSR count). The van der Waals surface area contributed by atoms with Gasteiger partial charge in [0.25, 0.3) is 0 Å². The van der Waals surface area contributed by atoms with Crippen molar-refractivity contribution in [3.05, 3.63) is 29.8 Å². The van der Waals surface area contributed by atoms with Crippen LogP contribution in [0.25, 0.3) is 0 Å². The molecule has 0 heterocycles. The molecule has 0 aromatic heterocycles. The number of aliphatic hydroxyl groups excluding tert-OH is 1. The number of rotatable bonds is 7. The molecule has 0 aliphatic heterocycles. The zero-order valence-electron chi connectivity index (χ0n) is 12.0. The van der Waals surface area contributed by atoms with Gasteiger partial charge in [-0.15, -0.1) is 0 Å². The molecular weight excluding hydrogens is 238 g/mol. The van der Waals surface area contributed by atoms with E-state index in [0.29, 0.717) is 13.0 Å². The van der Waals surface area contributed by atoms with E-state index in [1.165, 1.54) is 0 Å². The molecule has 0 aliphatic carbocycles. The molecule has 0 saturated carbocycles. The summed E-state index contributed by atoms with van der Waals surface area (Å²) in [5.41, 5.74) is 0.638. The molecule has 1 N–H and O–H groups in total. The lowest BCUT2D eigenvalue weighted by Gasteiger charge is -2.15. The highest BCUT2D eigenvalue weighted by atomic mass is 16.5. The summed E-state index contributed by atoms with van der Waals surface area (Å²) < 4.78 is 5.62. The van der Waals surface area contributed by atoms with E-state index in [9.17, 15) is 5.11 Å². The summed E-state index contributed by atoms with van der Waals surface area (Å²) in [4.78, 5) is 0. The maximum atomic E-state index is 9.68. The predicted molar refractivity (Wildman–Crippen MR) is 75.8 cm³/mol. The molecule has 0 fully saturated rings. The Morgan fingerprint density at radius 1 is 1.32 bits per heavy atom. The second-order valence-corrected chi connectivity index (χ2v) is 5.44. The molecule has 0 radical (unpaired) electrons. The number of ether oxygens (including phenoxy) is 1.